The second kappa shape index (κ2) is 10.7. The molecule has 1 saturated heterocycles. The molecular formula is C24H25BN4O5S. The van der Waals surface area contributed by atoms with Gasteiger partial charge in [-0.2, -0.15) is 0 Å². The molecular weight excluding hydrogens is 467 g/mol. The number of imide groups is 1. The van der Waals surface area contributed by atoms with Crippen molar-refractivity contribution in [3.63, 3.8) is 0 Å². The number of aromatic nitrogens is 2. The molecule has 0 saturated carbocycles. The van der Waals surface area contributed by atoms with Crippen LogP contribution in [0.3, 0.4) is 0 Å². The number of ether oxygens (including phenoxy) is 3. The fraction of sp³-hybridized carbons (Fsp3) is 0.250. The minimum Gasteiger partial charge on any atom is -0.497 e. The topological polar surface area (TPSA) is 103 Å². The lowest BCUT2D eigenvalue weighted by Crippen LogP contribution is -2.38. The van der Waals surface area contributed by atoms with Gasteiger partial charge in [-0.3, -0.25) is 14.9 Å². The maximum Gasteiger partial charge on any atom is 0.285 e. The van der Waals surface area contributed by atoms with Gasteiger partial charge in [0.25, 0.3) is 5.24 Å². The van der Waals surface area contributed by atoms with Crippen LogP contribution in [0, 0.1) is 0 Å². The monoisotopic (exact) mass is 492 g/mol. The first-order valence-electron chi connectivity index (χ1n) is 11.0. The highest BCUT2D eigenvalue weighted by Gasteiger charge is 2.43. The molecule has 1 fully saturated rings. The number of carbonyl (C=O) groups excluding carboxylic acids is 2. The van der Waals surface area contributed by atoms with E-state index in [0.717, 1.165) is 28.8 Å². The zero-order chi connectivity index (χ0) is 24.8. The van der Waals surface area contributed by atoms with Crippen LogP contribution in [0.15, 0.2) is 60.9 Å². The van der Waals surface area contributed by atoms with E-state index < -0.39 is 4.65 Å². The van der Waals surface area contributed by atoms with E-state index in [1.54, 1.807) is 21.0 Å². The van der Waals surface area contributed by atoms with E-state index in [0.29, 0.717) is 37.0 Å². The van der Waals surface area contributed by atoms with E-state index in [4.69, 9.17) is 14.2 Å². The number of anilines is 1. The van der Waals surface area contributed by atoms with E-state index in [1.807, 2.05) is 60.5 Å². The molecule has 2 aromatic carbocycles. The van der Waals surface area contributed by atoms with Crippen molar-refractivity contribution in [3.8, 4) is 23.1 Å². The molecule has 4 rings (SSSR count). The number of nitrogens with zero attached hydrogens (tertiary/aromatic N) is 3. The Labute approximate surface area is 208 Å². The highest BCUT2D eigenvalue weighted by Crippen LogP contribution is 2.32. The molecule has 1 atom stereocenters. The van der Waals surface area contributed by atoms with Gasteiger partial charge in [0.2, 0.25) is 11.8 Å². The third kappa shape index (κ3) is 6.24. The van der Waals surface area contributed by atoms with E-state index in [2.05, 4.69) is 15.3 Å². The SMILES string of the molecule is B[C@@]1(Cc2ccc(OCCN(C)c3cc(Oc4ccc(OC)cc4)ncn3)cc2)SC(=O)NC1=O. The van der Waals surface area contributed by atoms with Crippen molar-refractivity contribution in [3.05, 3.63) is 66.5 Å². The lowest BCUT2D eigenvalue weighted by atomic mass is 9.80. The van der Waals surface area contributed by atoms with Gasteiger partial charge in [0.1, 0.15) is 43.8 Å². The fourth-order valence-electron chi connectivity index (χ4n) is 3.48. The number of hydrogen-bond acceptors (Lipinski definition) is 9. The molecule has 0 aliphatic carbocycles. The second-order valence-corrected chi connectivity index (χ2v) is 9.63. The van der Waals surface area contributed by atoms with Gasteiger partial charge < -0.3 is 19.1 Å². The van der Waals surface area contributed by atoms with Gasteiger partial charge in [0.05, 0.1) is 18.3 Å². The van der Waals surface area contributed by atoms with Crippen LogP contribution < -0.4 is 24.4 Å². The van der Waals surface area contributed by atoms with Crippen LogP contribution >= 0.6 is 11.8 Å². The molecule has 2 heterocycles. The zero-order valence-corrected chi connectivity index (χ0v) is 20.5. The zero-order valence-electron chi connectivity index (χ0n) is 19.7. The molecule has 0 bridgehead atoms. The smallest absolute Gasteiger partial charge is 0.285 e. The number of nitrogens with one attached hydrogen (secondary N) is 1. The van der Waals surface area contributed by atoms with Crippen LogP contribution in [0.2, 0.25) is 0 Å². The van der Waals surface area contributed by atoms with Crippen molar-refractivity contribution in [1.82, 2.24) is 15.3 Å². The van der Waals surface area contributed by atoms with E-state index >= 15 is 0 Å². The lowest BCUT2D eigenvalue weighted by molar-refractivity contribution is -0.119. The number of benzene rings is 2. The van der Waals surface area contributed by atoms with Gasteiger partial charge in [-0.05, 0) is 48.4 Å². The summed E-state index contributed by atoms with van der Waals surface area (Å²) in [5, 5.41) is 2.04. The summed E-state index contributed by atoms with van der Waals surface area (Å²) in [6.07, 6.45) is 1.92. The first-order chi connectivity index (χ1) is 16.8. The molecule has 9 nitrogen and oxygen atoms in total. The Hall–Kier alpha value is -3.73. The first-order valence-corrected chi connectivity index (χ1v) is 11.8. The molecule has 35 heavy (non-hydrogen) atoms. The molecule has 1 N–H and O–H groups in total. The predicted molar refractivity (Wildman–Crippen MR) is 136 cm³/mol. The summed E-state index contributed by atoms with van der Waals surface area (Å²) in [7, 11) is 5.31. The highest BCUT2D eigenvalue weighted by molar-refractivity contribution is 8.17. The molecule has 1 aliphatic rings. The minimum absolute atomic E-state index is 0.252. The molecule has 180 valence electrons. The molecule has 1 aliphatic heterocycles. The number of carbonyl (C=O) groups is 2. The molecule has 0 spiro atoms. The summed E-state index contributed by atoms with van der Waals surface area (Å²) in [5.41, 5.74) is 0.958. The Balaban J connectivity index is 1.27. The molecule has 0 radical (unpaired) electrons. The van der Waals surface area contributed by atoms with Gasteiger partial charge in [-0.1, -0.05) is 23.9 Å². The minimum atomic E-state index is -0.782. The fourth-order valence-corrected chi connectivity index (χ4v) is 4.42. The van der Waals surface area contributed by atoms with Crippen molar-refractivity contribution < 1.29 is 23.8 Å². The molecule has 2 amide bonds. The molecule has 1 aromatic heterocycles. The van der Waals surface area contributed by atoms with Crippen LogP contribution in [0.5, 0.6) is 23.1 Å². The van der Waals surface area contributed by atoms with Crippen LogP contribution in [0.4, 0.5) is 10.6 Å². The van der Waals surface area contributed by atoms with Gasteiger partial charge in [0.15, 0.2) is 0 Å². The molecule has 3 aromatic rings. The predicted octanol–water partition coefficient (Wildman–Crippen LogP) is 2.65. The average Bonchev–Trinajstić information content (AvgIpc) is 3.11. The molecule has 11 heteroatoms. The largest absolute Gasteiger partial charge is 0.497 e. The van der Waals surface area contributed by atoms with Crippen molar-refractivity contribution in [2.75, 3.05) is 32.2 Å². The Bertz CT molecular complexity index is 1200. The number of likely N-dealkylation sites (N-methyl/N-ethyl adjacent to an activating group) is 1. The van der Waals surface area contributed by atoms with E-state index in [1.165, 1.54) is 6.33 Å². The van der Waals surface area contributed by atoms with Gasteiger partial charge >= 0.3 is 0 Å². The summed E-state index contributed by atoms with van der Waals surface area (Å²) < 4.78 is 16.1. The third-order valence-electron chi connectivity index (χ3n) is 5.47. The van der Waals surface area contributed by atoms with Gasteiger partial charge in [-0.15, -0.1) is 0 Å². The van der Waals surface area contributed by atoms with E-state index in [9.17, 15) is 9.59 Å². The number of hydrogen-bond donors (Lipinski definition) is 1. The van der Waals surface area contributed by atoms with Gasteiger partial charge in [0, 0.05) is 13.1 Å². The lowest BCUT2D eigenvalue weighted by Gasteiger charge is -2.19. The summed E-state index contributed by atoms with van der Waals surface area (Å²) in [4.78, 5) is 34.0. The Morgan fingerprint density at radius 2 is 1.71 bits per heavy atom. The summed E-state index contributed by atoms with van der Waals surface area (Å²) in [5.74, 6) is 3.01. The van der Waals surface area contributed by atoms with Crippen LogP contribution in [0.25, 0.3) is 0 Å². The molecule has 0 unspecified atom stereocenters. The Morgan fingerprint density at radius 1 is 1.03 bits per heavy atom. The van der Waals surface area contributed by atoms with Crippen molar-refractivity contribution in [2.24, 2.45) is 0 Å². The van der Waals surface area contributed by atoms with Crippen molar-refractivity contribution in [1.29, 1.82) is 0 Å². The maximum atomic E-state index is 12.0. The number of rotatable bonds is 10. The summed E-state index contributed by atoms with van der Waals surface area (Å²) in [6, 6.07) is 16.6. The van der Waals surface area contributed by atoms with E-state index in [-0.39, 0.29) is 11.1 Å². The van der Waals surface area contributed by atoms with Crippen molar-refractivity contribution in [2.45, 2.75) is 11.1 Å². The summed E-state index contributed by atoms with van der Waals surface area (Å²) >= 11 is 1.03. The normalized spacial score (nSPS) is 17.1. The standard InChI is InChI=1S/C24H25BN4O5S/c1-29(20-13-21(27-15-26-20)34-19-9-7-17(32-2)8-10-19)11-12-33-18-5-3-16(4-6-18)14-24(25)22(30)28-23(31)35-24/h3-10,13,15H,11-12,14,25H2,1-2H3,(H,28,30,31)/t24-/m0/s1. The second-order valence-electron chi connectivity index (χ2n) is 8.16. The van der Waals surface area contributed by atoms with Crippen LogP contribution in [-0.2, 0) is 11.2 Å². The van der Waals surface area contributed by atoms with Gasteiger partial charge in [-0.25, -0.2) is 9.97 Å². The number of methoxy groups -OCH3 is 1. The Morgan fingerprint density at radius 3 is 2.37 bits per heavy atom. The highest BCUT2D eigenvalue weighted by atomic mass is 32.2. The number of thioether (sulfide) groups is 1. The number of amides is 2. The summed E-state index contributed by atoms with van der Waals surface area (Å²) in [6.45, 7) is 1.04. The average molecular weight is 492 g/mol. The first kappa shape index (κ1) is 24.4. The van der Waals surface area contributed by atoms with Crippen LogP contribution in [-0.4, -0.2) is 60.9 Å². The van der Waals surface area contributed by atoms with Crippen LogP contribution in [0.1, 0.15) is 5.56 Å². The third-order valence-corrected chi connectivity index (χ3v) is 6.54. The van der Waals surface area contributed by atoms with Crippen molar-refractivity contribution >= 4 is 36.6 Å². The Kier molecular flexibility index (Phi) is 7.45. The maximum absolute atomic E-state index is 12.0. The quantitative estimate of drug-likeness (QED) is 0.428.